The van der Waals surface area contributed by atoms with Gasteiger partial charge in [0.15, 0.2) is 0 Å². The maximum Gasteiger partial charge on any atom is 0.330 e. The number of imide groups is 1. The molecule has 2 aromatic heterocycles. The van der Waals surface area contributed by atoms with Crippen molar-refractivity contribution in [3.8, 4) is 0 Å². The maximum atomic E-state index is 14.1. The Morgan fingerprint density at radius 2 is 1.72 bits per heavy atom. The molecule has 3 N–H and O–H groups in total. The Bertz CT molecular complexity index is 1960. The molecule has 4 atom stereocenters. The van der Waals surface area contributed by atoms with Crippen molar-refractivity contribution in [2.75, 3.05) is 0 Å². The van der Waals surface area contributed by atoms with Crippen LogP contribution in [0.1, 0.15) is 138 Å². The second-order valence-corrected chi connectivity index (χ2v) is 12.4. The average Bonchev–Trinajstić information content (AvgIpc) is 3.67. The van der Waals surface area contributed by atoms with Gasteiger partial charge in [-0.15, -0.1) is 0 Å². The summed E-state index contributed by atoms with van der Waals surface area (Å²) in [7, 11) is 0. The van der Waals surface area contributed by atoms with E-state index in [0.717, 1.165) is 41.6 Å². The van der Waals surface area contributed by atoms with Crippen LogP contribution >= 0.6 is 0 Å². The summed E-state index contributed by atoms with van der Waals surface area (Å²) in [6.07, 6.45) is 2.69. The van der Waals surface area contributed by atoms with Crippen molar-refractivity contribution in [1.82, 2.24) is 25.0 Å². The van der Waals surface area contributed by atoms with Crippen LogP contribution in [0.4, 0.5) is 0 Å². The zero-order valence-corrected chi connectivity index (χ0v) is 26.8. The molecular weight excluding hydrogens is 586 g/mol. The summed E-state index contributed by atoms with van der Waals surface area (Å²) >= 11 is 0. The van der Waals surface area contributed by atoms with Gasteiger partial charge in [-0.3, -0.25) is 19.4 Å². The molecule has 4 aliphatic heterocycles. The van der Waals surface area contributed by atoms with Gasteiger partial charge in [-0.25, -0.2) is 9.78 Å². The third kappa shape index (κ3) is 4.81. The van der Waals surface area contributed by atoms with Crippen LogP contribution in [0.3, 0.4) is 0 Å². The Morgan fingerprint density at radius 1 is 1.00 bits per heavy atom. The average molecular weight is 624 g/mol. The van der Waals surface area contributed by atoms with Gasteiger partial charge in [-0.2, -0.15) is 0 Å². The second kappa shape index (κ2) is 11.4. The lowest BCUT2D eigenvalue weighted by atomic mass is 9.84. The first kappa shape index (κ1) is 30.9. The van der Waals surface area contributed by atoms with Crippen LogP contribution < -0.4 is 0 Å². The predicted molar refractivity (Wildman–Crippen MR) is 171 cm³/mol. The predicted octanol–water partition coefficient (Wildman–Crippen LogP) is 6.59. The molecule has 0 aliphatic carbocycles. The van der Waals surface area contributed by atoms with Crippen molar-refractivity contribution in [2.24, 2.45) is 0 Å². The van der Waals surface area contributed by atoms with Gasteiger partial charge in [0.25, 0.3) is 11.8 Å². The molecule has 11 nitrogen and oxygen atoms in total. The van der Waals surface area contributed by atoms with E-state index in [1.165, 1.54) is 0 Å². The highest BCUT2D eigenvalue weighted by Crippen LogP contribution is 2.45. The van der Waals surface area contributed by atoms with E-state index in [1.54, 1.807) is 13.0 Å². The van der Waals surface area contributed by atoms with Gasteiger partial charge >= 0.3 is 11.9 Å². The summed E-state index contributed by atoms with van der Waals surface area (Å²) in [6, 6.07) is 5.90. The van der Waals surface area contributed by atoms with E-state index in [-0.39, 0.29) is 47.2 Å². The molecular formula is C35H37N5O6. The van der Waals surface area contributed by atoms with Gasteiger partial charge < -0.3 is 19.9 Å². The van der Waals surface area contributed by atoms with E-state index in [0.29, 0.717) is 33.2 Å². The largest absolute Gasteiger partial charge is 0.481 e. The molecule has 0 fully saturated rings. The highest BCUT2D eigenvalue weighted by Gasteiger charge is 2.43. The van der Waals surface area contributed by atoms with Crippen molar-refractivity contribution in [2.45, 2.75) is 84.5 Å². The van der Waals surface area contributed by atoms with Crippen molar-refractivity contribution >= 4 is 45.9 Å². The number of nitrogens with zero attached hydrogens (tertiary/aromatic N) is 3. The van der Waals surface area contributed by atoms with Crippen LogP contribution in [0.25, 0.3) is 22.2 Å². The Balaban J connectivity index is 1.79. The molecule has 0 saturated carbocycles. The van der Waals surface area contributed by atoms with Gasteiger partial charge in [-0.05, 0) is 56.0 Å². The molecule has 11 heteroatoms. The second-order valence-electron chi connectivity index (χ2n) is 12.4. The van der Waals surface area contributed by atoms with E-state index in [4.69, 9.17) is 14.8 Å². The SMILES string of the molecule is C=CC1=C(C)c2cc3nc(c4c5[nH]c(cc6[nH]c(cc1n2)C(C)C6CC)c(C)c5C(=O)N(OC(C)=O)C4=O)[C@@H](CCC(=O)O)[C@@H]3C. The van der Waals surface area contributed by atoms with E-state index < -0.39 is 29.7 Å². The fraction of sp³-hybridized carbons (Fsp3) is 0.371. The molecule has 2 amide bonds. The smallest absolute Gasteiger partial charge is 0.330 e. The summed E-state index contributed by atoms with van der Waals surface area (Å²) in [4.78, 5) is 73.8. The van der Waals surface area contributed by atoms with Crippen LogP contribution in [0.15, 0.2) is 30.9 Å². The summed E-state index contributed by atoms with van der Waals surface area (Å²) in [5.41, 5.74) is 7.94. The zero-order valence-electron chi connectivity index (χ0n) is 26.8. The number of carboxylic acids is 1. The number of nitrogens with one attached hydrogen (secondary N) is 2. The van der Waals surface area contributed by atoms with E-state index in [1.807, 2.05) is 26.0 Å². The Labute approximate surface area is 266 Å². The number of carbonyl (C=O) groups is 4. The fourth-order valence-corrected chi connectivity index (χ4v) is 7.20. The normalized spacial score (nSPS) is 21.4. The Morgan fingerprint density at radius 3 is 2.37 bits per heavy atom. The van der Waals surface area contributed by atoms with Crippen LogP contribution in [-0.4, -0.2) is 53.9 Å². The van der Waals surface area contributed by atoms with Gasteiger partial charge in [0.1, 0.15) is 0 Å². The molecule has 2 unspecified atom stereocenters. The van der Waals surface area contributed by atoms with Crippen LogP contribution in [-0.2, 0) is 14.4 Å². The van der Waals surface area contributed by atoms with Gasteiger partial charge in [0.2, 0.25) is 0 Å². The van der Waals surface area contributed by atoms with E-state index in [9.17, 15) is 24.3 Å². The lowest BCUT2D eigenvalue weighted by Gasteiger charge is -2.25. The lowest BCUT2D eigenvalue weighted by Crippen LogP contribution is -2.42. The maximum absolute atomic E-state index is 14.1. The number of carboxylic acid groups (broad SMARTS) is 1. The summed E-state index contributed by atoms with van der Waals surface area (Å²) in [6.45, 7) is 15.1. The van der Waals surface area contributed by atoms with Crippen LogP contribution in [0.2, 0.25) is 0 Å². The number of hydrogen-bond donors (Lipinski definition) is 3. The zero-order chi connectivity index (χ0) is 33.2. The minimum absolute atomic E-state index is 0.0707. The molecule has 238 valence electrons. The van der Waals surface area contributed by atoms with Crippen molar-refractivity contribution in [3.05, 3.63) is 81.7 Å². The van der Waals surface area contributed by atoms with Crippen LogP contribution in [0, 0.1) is 6.92 Å². The summed E-state index contributed by atoms with van der Waals surface area (Å²) in [5, 5.41) is 10.1. The minimum Gasteiger partial charge on any atom is -0.481 e. The number of rotatable bonds is 6. The van der Waals surface area contributed by atoms with Crippen molar-refractivity contribution in [3.63, 3.8) is 0 Å². The number of hydrogen-bond acceptors (Lipinski definition) is 7. The number of allylic oxidation sites excluding steroid dienone is 3. The van der Waals surface area contributed by atoms with Gasteiger partial charge in [0, 0.05) is 65.2 Å². The van der Waals surface area contributed by atoms with E-state index in [2.05, 4.69) is 36.5 Å². The van der Waals surface area contributed by atoms with Crippen molar-refractivity contribution < 1.29 is 29.1 Å². The number of aliphatic carboxylic acids is 1. The number of fused-ring (bicyclic) bond motifs is 8. The number of aromatic amines is 2. The lowest BCUT2D eigenvalue weighted by molar-refractivity contribution is -0.166. The molecule has 0 aromatic carbocycles. The Kier molecular flexibility index (Phi) is 7.66. The van der Waals surface area contributed by atoms with E-state index >= 15 is 0 Å². The fourth-order valence-electron chi connectivity index (χ4n) is 7.20. The number of aryl methyl sites for hydroxylation is 1. The summed E-state index contributed by atoms with van der Waals surface area (Å²) in [5.74, 6) is -3.90. The molecule has 6 heterocycles. The first-order chi connectivity index (χ1) is 21.9. The molecule has 0 radical (unpaired) electrons. The third-order valence-corrected chi connectivity index (χ3v) is 9.76. The first-order valence-corrected chi connectivity index (χ1v) is 15.6. The molecule has 0 saturated heterocycles. The van der Waals surface area contributed by atoms with Crippen LogP contribution in [0.5, 0.6) is 0 Å². The number of amides is 2. The standard InChI is InChI=1S/C35H37N5O6/c1-8-20-15(3)23-12-25-17(5)22(10-11-29(42)43)32(38-25)31-33-30(34(44)40(35(31)45)46-19(7)41)18(6)26(39-33)14-28-21(9-2)16(4)24(37-28)13-27(20)36-23/h8,12-14,16-17,21-22,37,39H,1,9-11H2,2-7H3,(H,42,43)/t16?,17-,21?,22-/m0/s1. The topological polar surface area (TPSA) is 158 Å². The highest BCUT2D eigenvalue weighted by atomic mass is 16.7. The van der Waals surface area contributed by atoms with Crippen molar-refractivity contribution in [1.29, 1.82) is 0 Å². The number of H-pyrrole nitrogens is 2. The molecule has 0 spiro atoms. The molecule has 8 bridgehead atoms. The molecule has 46 heavy (non-hydrogen) atoms. The van der Waals surface area contributed by atoms with Gasteiger partial charge in [-0.1, -0.05) is 38.5 Å². The Hall–Kier alpha value is -5.06. The first-order valence-electron chi connectivity index (χ1n) is 15.6. The third-order valence-electron chi connectivity index (χ3n) is 9.76. The summed E-state index contributed by atoms with van der Waals surface area (Å²) < 4.78 is 0. The number of hydroxylamine groups is 2. The quantitative estimate of drug-likeness (QED) is 0.304. The highest BCUT2D eigenvalue weighted by molar-refractivity contribution is 6.23. The van der Waals surface area contributed by atoms with Gasteiger partial charge in [0.05, 0.1) is 33.7 Å². The minimum atomic E-state index is -0.978. The number of aromatic nitrogens is 4. The molecule has 6 rings (SSSR count). The number of carbonyl (C=O) groups excluding carboxylic acids is 3. The molecule has 4 aliphatic rings. The monoisotopic (exact) mass is 623 g/mol. The molecule has 2 aromatic rings.